The molecule has 15 nitrogen and oxygen atoms in total. The van der Waals surface area contributed by atoms with Crippen LogP contribution in [0.1, 0.15) is 90.0 Å². The molecule has 59 heavy (non-hydrogen) atoms. The third-order valence-corrected chi connectivity index (χ3v) is 12.4. The van der Waals surface area contributed by atoms with Crippen LogP contribution in [-0.2, 0) is 19.1 Å². The van der Waals surface area contributed by atoms with E-state index in [1.807, 2.05) is 74.2 Å². The molecule has 0 saturated carbocycles. The second-order valence-electron chi connectivity index (χ2n) is 15.9. The fraction of sp³-hybridized carbons (Fsp3) is 0.465. The van der Waals surface area contributed by atoms with Gasteiger partial charge in [-0.15, -0.1) is 11.3 Å². The Morgan fingerprint density at radius 3 is 1.66 bits per heavy atom. The fourth-order valence-corrected chi connectivity index (χ4v) is 9.04. The molecule has 3 aromatic heterocycles. The highest BCUT2D eigenvalue weighted by Crippen LogP contribution is 2.37. The molecule has 4 N–H and O–H groups in total. The number of methoxy groups -OCH3 is 2. The van der Waals surface area contributed by atoms with Crippen LogP contribution in [0.2, 0.25) is 0 Å². The number of nitrogens with zero attached hydrogens (tertiary/aromatic N) is 5. The van der Waals surface area contributed by atoms with Gasteiger partial charge in [-0.2, -0.15) is 0 Å². The first-order chi connectivity index (χ1) is 28.4. The van der Waals surface area contributed by atoms with Crippen LogP contribution in [0.25, 0.3) is 43.3 Å². The predicted molar refractivity (Wildman–Crippen MR) is 225 cm³/mol. The number of fused-ring (bicyclic) bond motifs is 1. The topological polar surface area (TPSA) is 188 Å². The summed E-state index contributed by atoms with van der Waals surface area (Å²) in [5, 5.41) is 6.33. The van der Waals surface area contributed by atoms with Crippen molar-refractivity contribution < 1.29 is 28.7 Å². The second kappa shape index (κ2) is 18.0. The molecule has 2 aromatic carbocycles. The van der Waals surface area contributed by atoms with Gasteiger partial charge in [-0.3, -0.25) is 9.59 Å². The van der Waals surface area contributed by atoms with Gasteiger partial charge in [0.1, 0.15) is 28.7 Å². The summed E-state index contributed by atoms with van der Waals surface area (Å²) in [6.07, 6.45) is 7.64. The monoisotopic (exact) mass is 823 g/mol. The van der Waals surface area contributed by atoms with Crippen molar-refractivity contribution in [2.45, 2.75) is 90.4 Å². The fourth-order valence-electron chi connectivity index (χ4n) is 8.03. The van der Waals surface area contributed by atoms with Crippen LogP contribution in [0.3, 0.4) is 0 Å². The molecule has 0 unspecified atom stereocenters. The zero-order valence-corrected chi connectivity index (χ0v) is 35.2. The molecule has 2 fully saturated rings. The number of piperidine rings is 2. The molecule has 4 amide bonds. The molecule has 0 aliphatic carbocycles. The van der Waals surface area contributed by atoms with Crippen molar-refractivity contribution in [1.29, 1.82) is 0 Å². The molecular formula is C43H53N9O6S. The lowest BCUT2D eigenvalue weighted by Crippen LogP contribution is -2.53. The van der Waals surface area contributed by atoms with Crippen molar-refractivity contribution >= 4 is 45.6 Å². The highest BCUT2D eigenvalue weighted by atomic mass is 32.1. The average Bonchev–Trinajstić information content (AvgIpc) is 4.04. The summed E-state index contributed by atoms with van der Waals surface area (Å²) in [5.41, 5.74) is 5.52. The molecule has 0 radical (unpaired) electrons. The van der Waals surface area contributed by atoms with Gasteiger partial charge in [0, 0.05) is 24.2 Å². The van der Waals surface area contributed by atoms with Gasteiger partial charge in [0.05, 0.1) is 60.3 Å². The van der Waals surface area contributed by atoms with Crippen LogP contribution in [0.5, 0.6) is 0 Å². The first-order valence-corrected chi connectivity index (χ1v) is 21.2. The van der Waals surface area contributed by atoms with Gasteiger partial charge in [0.15, 0.2) is 0 Å². The summed E-state index contributed by atoms with van der Waals surface area (Å²) < 4.78 is 10.6. The lowest BCUT2D eigenvalue weighted by molar-refractivity contribution is -0.139. The standard InChI is InChI=1S/C43H53N9O6S/c1-24(2)35(49-42(55)57-5)40(53)51-19-9-7-11-32(51)37-44-22-30(46-37)26-13-15-27(16-14-26)39-48-29-18-17-28(21-34(29)59-39)31-23-45-38(47-31)33-12-8-10-20-52(33)41(54)36(25(3)4)50-43(56)58-6/h13-18,21-25,32-33,35-36H,7-12,19-20H2,1-6H3,(H,44,46)(H,45,47)(H,49,55)(H,50,56)/t32-,33-,35-,36-/m0/s1. The summed E-state index contributed by atoms with van der Waals surface area (Å²) in [6, 6.07) is 12.5. The number of imidazole rings is 2. The van der Waals surface area contributed by atoms with E-state index in [9.17, 15) is 19.2 Å². The van der Waals surface area contributed by atoms with E-state index in [2.05, 4.69) is 38.8 Å². The van der Waals surface area contributed by atoms with Crippen LogP contribution in [-0.4, -0.2) is 98.1 Å². The summed E-state index contributed by atoms with van der Waals surface area (Å²) in [7, 11) is 2.59. The number of alkyl carbamates (subject to hydrolysis) is 2. The van der Waals surface area contributed by atoms with Gasteiger partial charge in [0.2, 0.25) is 11.8 Å². The zero-order valence-electron chi connectivity index (χ0n) is 34.4. The normalized spacial score (nSPS) is 18.2. The Balaban J connectivity index is 1.05. The number of H-pyrrole nitrogens is 2. The maximum atomic E-state index is 13.7. The Kier molecular flexibility index (Phi) is 12.6. The predicted octanol–water partition coefficient (Wildman–Crippen LogP) is 7.61. The number of aromatic amines is 2. The Morgan fingerprint density at radius 2 is 1.17 bits per heavy atom. The molecule has 312 valence electrons. The van der Waals surface area contributed by atoms with Gasteiger partial charge in [0.25, 0.3) is 0 Å². The zero-order chi connectivity index (χ0) is 41.8. The molecule has 5 heterocycles. The molecule has 0 bridgehead atoms. The number of amides is 4. The molecule has 2 saturated heterocycles. The van der Waals surface area contributed by atoms with E-state index in [-0.39, 0.29) is 35.7 Å². The number of rotatable bonds is 11. The Labute approximate surface area is 347 Å². The van der Waals surface area contributed by atoms with E-state index in [0.29, 0.717) is 13.1 Å². The average molecular weight is 824 g/mol. The minimum absolute atomic E-state index is 0.113. The van der Waals surface area contributed by atoms with E-state index >= 15 is 0 Å². The molecule has 0 spiro atoms. The molecule has 7 rings (SSSR count). The molecule has 2 aliphatic rings. The number of hydrogen-bond acceptors (Lipinski definition) is 10. The van der Waals surface area contributed by atoms with Gasteiger partial charge in [-0.05, 0) is 68.1 Å². The third kappa shape index (κ3) is 8.97. The van der Waals surface area contributed by atoms with Crippen molar-refractivity contribution in [3.8, 4) is 33.1 Å². The summed E-state index contributed by atoms with van der Waals surface area (Å²) in [5.74, 6) is 0.943. The van der Waals surface area contributed by atoms with E-state index in [1.54, 1.807) is 11.3 Å². The molecule has 4 atom stereocenters. The third-order valence-electron chi connectivity index (χ3n) is 11.3. The Morgan fingerprint density at radius 1 is 0.695 bits per heavy atom. The molecular weight excluding hydrogens is 771 g/mol. The number of hydrogen-bond donors (Lipinski definition) is 4. The number of likely N-dealkylation sites (tertiary alicyclic amines) is 2. The number of ether oxygens (including phenoxy) is 2. The summed E-state index contributed by atoms with van der Waals surface area (Å²) in [6.45, 7) is 8.81. The number of thiazole rings is 1. The Hall–Kier alpha value is -5.77. The van der Waals surface area contributed by atoms with Crippen LogP contribution in [0.4, 0.5) is 9.59 Å². The molecule has 16 heteroatoms. The lowest BCUT2D eigenvalue weighted by Gasteiger charge is -2.37. The van der Waals surface area contributed by atoms with E-state index in [0.717, 1.165) is 93.5 Å². The van der Waals surface area contributed by atoms with Gasteiger partial charge in [-0.1, -0.05) is 58.0 Å². The maximum absolute atomic E-state index is 13.7. The highest BCUT2D eigenvalue weighted by Gasteiger charge is 2.37. The number of nitrogens with one attached hydrogen (secondary N) is 4. The summed E-state index contributed by atoms with van der Waals surface area (Å²) in [4.78, 5) is 76.6. The van der Waals surface area contributed by atoms with Crippen LogP contribution < -0.4 is 10.6 Å². The first kappa shape index (κ1) is 41.4. The molecule has 2 aliphatic heterocycles. The largest absolute Gasteiger partial charge is 0.453 e. The smallest absolute Gasteiger partial charge is 0.407 e. The van der Waals surface area contributed by atoms with Gasteiger partial charge < -0.3 is 39.9 Å². The van der Waals surface area contributed by atoms with Crippen molar-refractivity contribution in [2.24, 2.45) is 11.8 Å². The van der Waals surface area contributed by atoms with Crippen LogP contribution in [0.15, 0.2) is 54.9 Å². The SMILES string of the molecule is COC(=O)N[C@H](C(=O)N1CCCC[C@H]1c1ncc(-c2ccc(-c3nc4ccc(-c5cnc([C@@H]6CCCCN6C(=O)[C@@H](NC(=O)OC)C(C)C)[nH]5)cc4s3)cc2)[nH]1)C(C)C. The minimum atomic E-state index is -0.700. The number of benzene rings is 2. The van der Waals surface area contributed by atoms with Crippen molar-refractivity contribution in [3.63, 3.8) is 0 Å². The van der Waals surface area contributed by atoms with Gasteiger partial charge >= 0.3 is 12.2 Å². The van der Waals surface area contributed by atoms with Crippen LogP contribution in [0, 0.1) is 11.8 Å². The van der Waals surface area contributed by atoms with E-state index in [4.69, 9.17) is 24.4 Å². The van der Waals surface area contributed by atoms with Crippen molar-refractivity contribution in [1.82, 2.24) is 45.4 Å². The maximum Gasteiger partial charge on any atom is 0.407 e. The highest BCUT2D eigenvalue weighted by molar-refractivity contribution is 7.21. The Bertz CT molecular complexity index is 2280. The lowest BCUT2D eigenvalue weighted by atomic mass is 9.97. The van der Waals surface area contributed by atoms with Crippen LogP contribution >= 0.6 is 11.3 Å². The quantitative estimate of drug-likeness (QED) is 0.104. The number of carbonyl (C=O) groups is 4. The first-order valence-electron chi connectivity index (χ1n) is 20.4. The van der Waals surface area contributed by atoms with Crippen molar-refractivity contribution in [3.05, 3.63) is 66.5 Å². The van der Waals surface area contributed by atoms with Gasteiger partial charge in [-0.25, -0.2) is 24.5 Å². The van der Waals surface area contributed by atoms with Crippen molar-refractivity contribution in [2.75, 3.05) is 27.3 Å². The summed E-state index contributed by atoms with van der Waals surface area (Å²) >= 11 is 1.61. The number of carbonyl (C=O) groups excluding carboxylic acids is 4. The molecule has 5 aromatic rings. The number of aromatic nitrogens is 5. The second-order valence-corrected chi connectivity index (χ2v) is 17.0. The minimum Gasteiger partial charge on any atom is -0.453 e. The van der Waals surface area contributed by atoms with E-state index < -0.39 is 24.3 Å². The van der Waals surface area contributed by atoms with E-state index in [1.165, 1.54) is 14.2 Å².